The Morgan fingerprint density at radius 3 is 2.76 bits per heavy atom. The maximum Gasteiger partial charge on any atom is 0.325 e. The first-order valence-corrected chi connectivity index (χ1v) is 9.68. The van der Waals surface area contributed by atoms with E-state index >= 15 is 0 Å². The molecule has 0 amide bonds. The van der Waals surface area contributed by atoms with Gasteiger partial charge in [-0.2, -0.15) is 0 Å². The van der Waals surface area contributed by atoms with Gasteiger partial charge in [0.1, 0.15) is 16.8 Å². The number of hydrogen-bond acceptors (Lipinski definition) is 5. The summed E-state index contributed by atoms with van der Waals surface area (Å²) in [6.07, 6.45) is 1.86. The third-order valence-electron chi connectivity index (χ3n) is 3.76. The predicted octanol–water partition coefficient (Wildman–Crippen LogP) is 3.10. The van der Waals surface area contributed by atoms with Crippen molar-refractivity contribution in [2.45, 2.75) is 43.0 Å². The van der Waals surface area contributed by atoms with Crippen LogP contribution in [0.2, 0.25) is 5.02 Å². The van der Waals surface area contributed by atoms with E-state index < -0.39 is 17.0 Å². The highest BCUT2D eigenvalue weighted by molar-refractivity contribution is 8.00. The first-order valence-electron chi connectivity index (χ1n) is 7.61. The van der Waals surface area contributed by atoms with Gasteiger partial charge in [0.15, 0.2) is 0 Å². The molecule has 1 aliphatic heterocycles. The summed E-state index contributed by atoms with van der Waals surface area (Å²) in [5.41, 5.74) is 0.0345. The smallest absolute Gasteiger partial charge is 0.325 e. The number of nitrogens with zero attached hydrogens (tertiary/aromatic N) is 3. The minimum atomic E-state index is -0.987. The van der Waals surface area contributed by atoms with Gasteiger partial charge >= 0.3 is 10.8 Å². The average Bonchev–Trinajstić information content (AvgIpc) is 2.88. The standard InChI is InChI=1S/C15H15ClFN3O3S2/c1-8(13(21)22)24-12-7-11(10(17)6-9(12)16)18-14-19-4-2-3-5-20(19)15(23)25-14/h6-8H,2-5H2,1H3,(H,21,22)/b18-14-. The molecule has 2 heterocycles. The number of carboxylic acids is 1. The molecular weight excluding hydrogens is 389 g/mol. The predicted molar refractivity (Wildman–Crippen MR) is 95.4 cm³/mol. The summed E-state index contributed by atoms with van der Waals surface area (Å²) in [4.78, 5) is 28.1. The second-order valence-electron chi connectivity index (χ2n) is 5.55. The molecule has 3 rings (SSSR count). The number of carboxylic acid groups (broad SMARTS) is 1. The average molecular weight is 404 g/mol. The normalized spacial score (nSPS) is 15.9. The van der Waals surface area contributed by atoms with Crippen molar-refractivity contribution in [3.8, 4) is 0 Å². The molecule has 25 heavy (non-hydrogen) atoms. The van der Waals surface area contributed by atoms with Crippen molar-refractivity contribution in [3.63, 3.8) is 0 Å². The Morgan fingerprint density at radius 2 is 2.08 bits per heavy atom. The zero-order valence-electron chi connectivity index (χ0n) is 13.2. The highest BCUT2D eigenvalue weighted by atomic mass is 35.5. The van der Waals surface area contributed by atoms with E-state index in [1.165, 1.54) is 13.0 Å². The van der Waals surface area contributed by atoms with Gasteiger partial charge in [-0.3, -0.25) is 14.3 Å². The molecule has 6 nitrogen and oxygen atoms in total. The monoisotopic (exact) mass is 403 g/mol. The third-order valence-corrected chi connectivity index (χ3v) is 6.20. The van der Waals surface area contributed by atoms with Crippen LogP contribution < -0.4 is 9.67 Å². The van der Waals surface area contributed by atoms with Crippen molar-refractivity contribution in [2.75, 3.05) is 0 Å². The number of rotatable bonds is 4. The fourth-order valence-corrected chi connectivity index (χ4v) is 4.46. The fraction of sp³-hybridized carbons (Fsp3) is 0.400. The Hall–Kier alpha value is -1.58. The first-order chi connectivity index (χ1) is 11.9. The highest BCUT2D eigenvalue weighted by Gasteiger charge is 2.18. The van der Waals surface area contributed by atoms with E-state index in [2.05, 4.69) is 4.99 Å². The lowest BCUT2D eigenvalue weighted by atomic mass is 10.3. The molecule has 0 aliphatic carbocycles. The number of aliphatic carboxylic acids is 1. The molecule has 10 heteroatoms. The molecule has 0 spiro atoms. The van der Waals surface area contributed by atoms with Gasteiger partial charge in [-0.15, -0.1) is 11.8 Å². The Balaban J connectivity index is 2.06. The van der Waals surface area contributed by atoms with Crippen LogP contribution in [0.5, 0.6) is 0 Å². The summed E-state index contributed by atoms with van der Waals surface area (Å²) >= 11 is 8.00. The largest absolute Gasteiger partial charge is 0.480 e. The zero-order valence-corrected chi connectivity index (χ0v) is 15.6. The second kappa shape index (κ2) is 7.35. The number of aromatic nitrogens is 2. The summed E-state index contributed by atoms with van der Waals surface area (Å²) in [6, 6.07) is 2.54. The summed E-state index contributed by atoms with van der Waals surface area (Å²) in [5.74, 6) is -1.60. The van der Waals surface area contributed by atoms with Crippen LogP contribution in [0.25, 0.3) is 0 Å². The lowest BCUT2D eigenvalue weighted by molar-refractivity contribution is -0.136. The van der Waals surface area contributed by atoms with E-state index in [9.17, 15) is 14.0 Å². The lowest BCUT2D eigenvalue weighted by Crippen LogP contribution is -2.31. The van der Waals surface area contributed by atoms with E-state index in [1.807, 2.05) is 0 Å². The quantitative estimate of drug-likeness (QED) is 0.796. The Kier molecular flexibility index (Phi) is 5.35. The van der Waals surface area contributed by atoms with Crippen LogP contribution in [-0.2, 0) is 17.9 Å². The summed E-state index contributed by atoms with van der Waals surface area (Å²) in [7, 11) is 0. The van der Waals surface area contributed by atoms with Crippen LogP contribution in [0.15, 0.2) is 26.8 Å². The van der Waals surface area contributed by atoms with Crippen LogP contribution in [0.1, 0.15) is 19.8 Å². The van der Waals surface area contributed by atoms with Crippen molar-refractivity contribution < 1.29 is 14.3 Å². The highest BCUT2D eigenvalue weighted by Crippen LogP contribution is 2.35. The number of fused-ring (bicyclic) bond motifs is 1. The van der Waals surface area contributed by atoms with E-state index in [4.69, 9.17) is 16.7 Å². The molecule has 1 atom stereocenters. The van der Waals surface area contributed by atoms with Gasteiger partial charge in [0, 0.05) is 18.0 Å². The number of hydrogen-bond donors (Lipinski definition) is 1. The van der Waals surface area contributed by atoms with Gasteiger partial charge in [0.25, 0.3) is 0 Å². The number of carbonyl (C=O) groups is 1. The summed E-state index contributed by atoms with van der Waals surface area (Å²) in [6.45, 7) is 2.81. The molecule has 1 unspecified atom stereocenters. The lowest BCUT2D eigenvalue weighted by Gasteiger charge is -2.15. The molecule has 0 fully saturated rings. The van der Waals surface area contributed by atoms with Crippen LogP contribution >= 0.6 is 34.7 Å². The van der Waals surface area contributed by atoms with Crippen molar-refractivity contribution in [1.82, 2.24) is 9.36 Å². The Labute approximate surface area is 155 Å². The molecule has 1 N–H and O–H groups in total. The molecule has 0 radical (unpaired) electrons. The summed E-state index contributed by atoms with van der Waals surface area (Å²) < 4.78 is 17.6. The van der Waals surface area contributed by atoms with Crippen LogP contribution in [0.4, 0.5) is 10.1 Å². The van der Waals surface area contributed by atoms with E-state index in [-0.39, 0.29) is 15.6 Å². The molecule has 2 aromatic rings. The Bertz CT molecular complexity index is 950. The molecule has 1 aromatic heterocycles. The van der Waals surface area contributed by atoms with Gasteiger partial charge < -0.3 is 5.11 Å². The molecule has 1 aliphatic rings. The topological polar surface area (TPSA) is 76.6 Å². The minimum Gasteiger partial charge on any atom is -0.480 e. The van der Waals surface area contributed by atoms with Crippen LogP contribution in [-0.4, -0.2) is 25.7 Å². The maximum atomic E-state index is 14.3. The number of thioether (sulfide) groups is 1. The minimum absolute atomic E-state index is 0.0345. The van der Waals surface area contributed by atoms with Crippen LogP contribution in [0.3, 0.4) is 0 Å². The van der Waals surface area contributed by atoms with Crippen molar-refractivity contribution in [1.29, 1.82) is 0 Å². The molecule has 0 saturated heterocycles. The van der Waals surface area contributed by atoms with Crippen molar-refractivity contribution in [3.05, 3.63) is 37.4 Å². The van der Waals surface area contributed by atoms with Gasteiger partial charge in [0.2, 0.25) is 4.80 Å². The van der Waals surface area contributed by atoms with E-state index in [1.54, 1.807) is 9.36 Å². The number of benzene rings is 1. The van der Waals surface area contributed by atoms with Crippen molar-refractivity contribution in [2.24, 2.45) is 4.99 Å². The SMILES string of the molecule is CC(Sc1cc(/N=c2\sc(=O)n3n2CCCC3)c(F)cc1Cl)C(=O)O. The van der Waals surface area contributed by atoms with Crippen LogP contribution in [0, 0.1) is 5.82 Å². The molecule has 0 saturated carbocycles. The maximum absolute atomic E-state index is 14.3. The number of halogens is 2. The van der Waals surface area contributed by atoms with Gasteiger partial charge in [-0.25, -0.2) is 14.1 Å². The second-order valence-corrected chi connectivity index (χ2v) is 8.26. The fourth-order valence-electron chi connectivity index (χ4n) is 2.46. The molecule has 0 bridgehead atoms. The third kappa shape index (κ3) is 3.83. The molecule has 1 aromatic carbocycles. The zero-order chi connectivity index (χ0) is 18.1. The Morgan fingerprint density at radius 1 is 1.40 bits per heavy atom. The first kappa shape index (κ1) is 18.2. The van der Waals surface area contributed by atoms with E-state index in [0.29, 0.717) is 22.8 Å². The van der Waals surface area contributed by atoms with E-state index in [0.717, 1.165) is 42.0 Å². The molecular formula is C15H15ClFN3O3S2. The van der Waals surface area contributed by atoms with Gasteiger partial charge in [-0.05, 0) is 43.2 Å². The molecule has 134 valence electrons. The van der Waals surface area contributed by atoms with Gasteiger partial charge in [0.05, 0.1) is 5.02 Å². The summed E-state index contributed by atoms with van der Waals surface area (Å²) in [5, 5.41) is 8.43. The van der Waals surface area contributed by atoms with Crippen molar-refractivity contribution >= 4 is 46.4 Å². The van der Waals surface area contributed by atoms with Gasteiger partial charge in [-0.1, -0.05) is 11.6 Å².